The van der Waals surface area contributed by atoms with Crippen LogP contribution in [0.5, 0.6) is 0 Å². The summed E-state index contributed by atoms with van der Waals surface area (Å²) in [6.07, 6.45) is 3.42. The molecular formula is C14H19N3OS. The number of carbonyl (C=O) groups excluding carboxylic acids is 1. The summed E-state index contributed by atoms with van der Waals surface area (Å²) >= 11 is 1.39. The van der Waals surface area contributed by atoms with Gasteiger partial charge in [-0.25, -0.2) is 0 Å². The molecule has 0 saturated carbocycles. The Morgan fingerprint density at radius 3 is 2.74 bits per heavy atom. The van der Waals surface area contributed by atoms with Crippen LogP contribution >= 0.6 is 11.3 Å². The van der Waals surface area contributed by atoms with Crippen LogP contribution in [0.4, 0.5) is 5.69 Å². The zero-order chi connectivity index (χ0) is 14.2. The Morgan fingerprint density at radius 1 is 1.47 bits per heavy atom. The lowest BCUT2D eigenvalue weighted by Gasteiger charge is -2.27. The molecule has 0 saturated heterocycles. The predicted molar refractivity (Wildman–Crippen MR) is 80.4 cm³/mol. The molecule has 2 aromatic heterocycles. The largest absolute Gasteiger partial charge is 0.397 e. The second kappa shape index (κ2) is 4.81. The lowest BCUT2D eigenvalue weighted by Crippen LogP contribution is -2.41. The molecule has 0 fully saturated rings. The molecule has 1 amide bonds. The van der Waals surface area contributed by atoms with Crippen molar-refractivity contribution in [3.8, 4) is 0 Å². The summed E-state index contributed by atoms with van der Waals surface area (Å²) < 4.78 is 0.938. The number of thiophene rings is 1. The molecule has 0 aromatic carbocycles. The van der Waals surface area contributed by atoms with Crippen LogP contribution in [-0.2, 0) is 0 Å². The monoisotopic (exact) mass is 277 g/mol. The highest BCUT2D eigenvalue weighted by atomic mass is 32.1. The number of rotatable bonds is 2. The van der Waals surface area contributed by atoms with Gasteiger partial charge in [0.15, 0.2) is 0 Å². The van der Waals surface area contributed by atoms with E-state index in [1.54, 1.807) is 12.4 Å². The molecule has 0 spiro atoms. The van der Waals surface area contributed by atoms with Crippen LogP contribution in [0.2, 0.25) is 0 Å². The molecule has 1 unspecified atom stereocenters. The van der Waals surface area contributed by atoms with Crippen molar-refractivity contribution < 1.29 is 4.79 Å². The molecule has 4 nitrogen and oxygen atoms in total. The molecule has 0 aliphatic rings. The van der Waals surface area contributed by atoms with Gasteiger partial charge in [-0.15, -0.1) is 11.3 Å². The van der Waals surface area contributed by atoms with E-state index in [-0.39, 0.29) is 17.4 Å². The average Bonchev–Trinajstić information content (AvgIpc) is 2.66. The van der Waals surface area contributed by atoms with Crippen LogP contribution in [0.1, 0.15) is 37.4 Å². The van der Waals surface area contributed by atoms with E-state index >= 15 is 0 Å². The fraction of sp³-hybridized carbons (Fsp3) is 0.429. The van der Waals surface area contributed by atoms with Crippen LogP contribution in [0.25, 0.3) is 10.1 Å². The van der Waals surface area contributed by atoms with Crippen molar-refractivity contribution in [2.45, 2.75) is 33.7 Å². The van der Waals surface area contributed by atoms with Gasteiger partial charge in [0.25, 0.3) is 5.91 Å². The standard InChI is InChI=1S/C14H19N3OS/c1-8(14(2,3)4)17-13(18)12-11(15)9-5-6-16-7-10(9)19-12/h5-8H,15H2,1-4H3,(H,17,18). The minimum Gasteiger partial charge on any atom is -0.397 e. The van der Waals surface area contributed by atoms with E-state index in [9.17, 15) is 4.79 Å². The van der Waals surface area contributed by atoms with Crippen molar-refractivity contribution in [3.05, 3.63) is 23.3 Å². The first kappa shape index (κ1) is 13.8. The number of fused-ring (bicyclic) bond motifs is 1. The zero-order valence-electron chi connectivity index (χ0n) is 11.7. The van der Waals surface area contributed by atoms with E-state index < -0.39 is 0 Å². The van der Waals surface area contributed by atoms with Crippen molar-refractivity contribution in [2.75, 3.05) is 5.73 Å². The van der Waals surface area contributed by atoms with Crippen molar-refractivity contribution >= 4 is 33.0 Å². The van der Waals surface area contributed by atoms with Crippen molar-refractivity contribution in [3.63, 3.8) is 0 Å². The number of pyridine rings is 1. The van der Waals surface area contributed by atoms with Crippen LogP contribution in [0.15, 0.2) is 18.5 Å². The first-order chi connectivity index (χ1) is 8.80. The maximum atomic E-state index is 12.3. The van der Waals surface area contributed by atoms with Crippen LogP contribution < -0.4 is 11.1 Å². The number of aromatic nitrogens is 1. The SMILES string of the molecule is CC(NC(=O)c1sc2cnccc2c1N)C(C)(C)C. The third-order valence-corrected chi connectivity index (χ3v) is 4.54. The number of carbonyl (C=O) groups is 1. The normalized spacial score (nSPS) is 13.5. The molecule has 1 atom stereocenters. The lowest BCUT2D eigenvalue weighted by molar-refractivity contribution is 0.0915. The zero-order valence-corrected chi connectivity index (χ0v) is 12.5. The molecule has 0 aliphatic heterocycles. The fourth-order valence-electron chi connectivity index (χ4n) is 1.62. The molecule has 0 aliphatic carbocycles. The van der Waals surface area contributed by atoms with E-state index in [1.807, 2.05) is 13.0 Å². The van der Waals surface area contributed by atoms with Crippen molar-refractivity contribution in [2.24, 2.45) is 5.41 Å². The van der Waals surface area contributed by atoms with Crippen molar-refractivity contribution in [1.29, 1.82) is 0 Å². The van der Waals surface area contributed by atoms with Gasteiger partial charge in [0, 0.05) is 23.8 Å². The van der Waals surface area contributed by atoms with E-state index in [4.69, 9.17) is 5.73 Å². The second-order valence-electron chi connectivity index (χ2n) is 5.78. The minimum absolute atomic E-state index is 0.0165. The summed E-state index contributed by atoms with van der Waals surface area (Å²) in [6, 6.07) is 1.91. The Hall–Kier alpha value is -1.62. The fourth-order valence-corrected chi connectivity index (χ4v) is 2.61. The van der Waals surface area contributed by atoms with Gasteiger partial charge in [0.05, 0.1) is 10.4 Å². The highest BCUT2D eigenvalue weighted by Crippen LogP contribution is 2.33. The van der Waals surface area contributed by atoms with Gasteiger partial charge in [-0.05, 0) is 18.4 Å². The predicted octanol–water partition coefficient (Wildman–Crippen LogP) is 3.04. The molecule has 2 heterocycles. The second-order valence-corrected chi connectivity index (χ2v) is 6.83. The van der Waals surface area contributed by atoms with Crippen LogP contribution in [0, 0.1) is 5.41 Å². The number of nitrogens with two attached hydrogens (primary N) is 1. The summed E-state index contributed by atoms with van der Waals surface area (Å²) in [6.45, 7) is 8.28. The molecule has 5 heteroatoms. The molecule has 2 aromatic rings. The quantitative estimate of drug-likeness (QED) is 0.886. The van der Waals surface area contributed by atoms with E-state index in [2.05, 4.69) is 31.1 Å². The lowest BCUT2D eigenvalue weighted by atomic mass is 9.88. The Bertz CT molecular complexity index is 613. The van der Waals surface area contributed by atoms with E-state index in [1.165, 1.54) is 11.3 Å². The first-order valence-corrected chi connectivity index (χ1v) is 7.05. The molecule has 19 heavy (non-hydrogen) atoms. The maximum absolute atomic E-state index is 12.3. The van der Waals surface area contributed by atoms with Crippen LogP contribution in [0.3, 0.4) is 0 Å². The smallest absolute Gasteiger partial charge is 0.263 e. The Kier molecular flexibility index (Phi) is 3.49. The number of nitrogen functional groups attached to an aromatic ring is 1. The number of nitrogens with one attached hydrogen (secondary N) is 1. The average molecular weight is 277 g/mol. The molecule has 102 valence electrons. The van der Waals surface area contributed by atoms with Crippen LogP contribution in [-0.4, -0.2) is 16.9 Å². The van der Waals surface area contributed by atoms with Crippen molar-refractivity contribution in [1.82, 2.24) is 10.3 Å². The molecule has 0 bridgehead atoms. The number of anilines is 1. The van der Waals surface area contributed by atoms with Gasteiger partial charge in [-0.3, -0.25) is 9.78 Å². The summed E-state index contributed by atoms with van der Waals surface area (Å²) in [5.74, 6) is -0.110. The summed E-state index contributed by atoms with van der Waals surface area (Å²) in [5, 5.41) is 3.91. The summed E-state index contributed by atoms with van der Waals surface area (Å²) in [4.78, 5) is 16.9. The Labute approximate surface area is 117 Å². The van der Waals surface area contributed by atoms with Gasteiger partial charge in [-0.2, -0.15) is 0 Å². The first-order valence-electron chi connectivity index (χ1n) is 6.23. The van der Waals surface area contributed by atoms with E-state index in [0.717, 1.165) is 10.1 Å². The number of nitrogens with zero attached hydrogens (tertiary/aromatic N) is 1. The molecule has 0 radical (unpaired) electrons. The molecule has 2 rings (SSSR count). The maximum Gasteiger partial charge on any atom is 0.263 e. The van der Waals surface area contributed by atoms with Gasteiger partial charge >= 0.3 is 0 Å². The van der Waals surface area contributed by atoms with Gasteiger partial charge in [-0.1, -0.05) is 20.8 Å². The summed E-state index contributed by atoms with van der Waals surface area (Å²) in [5.41, 5.74) is 6.61. The molecular weight excluding hydrogens is 258 g/mol. The molecule has 3 N–H and O–H groups in total. The van der Waals surface area contributed by atoms with Gasteiger partial charge < -0.3 is 11.1 Å². The third kappa shape index (κ3) is 2.71. The Balaban J connectivity index is 2.30. The number of amides is 1. The van der Waals surface area contributed by atoms with E-state index in [0.29, 0.717) is 10.6 Å². The summed E-state index contributed by atoms with van der Waals surface area (Å²) in [7, 11) is 0. The van der Waals surface area contributed by atoms with Gasteiger partial charge in [0.1, 0.15) is 4.88 Å². The number of hydrogen-bond acceptors (Lipinski definition) is 4. The van der Waals surface area contributed by atoms with Gasteiger partial charge in [0.2, 0.25) is 0 Å². The minimum atomic E-state index is -0.110. The number of hydrogen-bond donors (Lipinski definition) is 2. The Morgan fingerprint density at radius 2 is 2.16 bits per heavy atom. The topological polar surface area (TPSA) is 68.0 Å². The highest BCUT2D eigenvalue weighted by Gasteiger charge is 2.24. The highest BCUT2D eigenvalue weighted by molar-refractivity contribution is 7.21. The third-order valence-electron chi connectivity index (χ3n) is 3.38.